The molecule has 0 aromatic carbocycles. The molecule has 0 spiro atoms. The Morgan fingerprint density at radius 1 is 1.16 bits per heavy atom. The molecule has 4 rings (SSSR count). The molecule has 7 nitrogen and oxygen atoms in total. The Labute approximate surface area is 149 Å². The van der Waals surface area contributed by atoms with E-state index in [2.05, 4.69) is 25.9 Å². The van der Waals surface area contributed by atoms with E-state index >= 15 is 0 Å². The van der Waals surface area contributed by atoms with Crippen molar-refractivity contribution >= 4 is 11.8 Å². The van der Waals surface area contributed by atoms with Gasteiger partial charge < -0.3 is 9.80 Å². The molecule has 0 bridgehead atoms. The van der Waals surface area contributed by atoms with E-state index in [0.29, 0.717) is 6.04 Å². The molecule has 2 aliphatic rings. The lowest BCUT2D eigenvalue weighted by atomic mass is 9.92. The molecule has 0 radical (unpaired) electrons. The number of piperidine rings is 1. The Bertz CT molecular complexity index is 726. The molecule has 2 aromatic heterocycles. The summed E-state index contributed by atoms with van der Waals surface area (Å²) >= 11 is 0. The second-order valence-corrected chi connectivity index (χ2v) is 7.38. The first-order valence-corrected chi connectivity index (χ1v) is 9.08. The minimum atomic E-state index is 0.579. The molecule has 134 valence electrons. The summed E-state index contributed by atoms with van der Waals surface area (Å²) in [5.41, 5.74) is 1.28. The molecule has 2 aliphatic heterocycles. The molecule has 2 aromatic rings. The minimum Gasteiger partial charge on any atom is -0.363 e. The lowest BCUT2D eigenvalue weighted by molar-refractivity contribution is 0.196. The zero-order valence-corrected chi connectivity index (χ0v) is 15.3. The van der Waals surface area contributed by atoms with Gasteiger partial charge in [0.2, 0.25) is 5.95 Å². The van der Waals surface area contributed by atoms with Crippen molar-refractivity contribution in [3.05, 3.63) is 30.2 Å². The zero-order chi connectivity index (χ0) is 17.4. The number of nitrogens with zero attached hydrogens (tertiary/aromatic N) is 7. The number of fused-ring (bicyclic) bond motifs is 1. The number of anilines is 2. The fourth-order valence-corrected chi connectivity index (χ4v) is 4.11. The van der Waals surface area contributed by atoms with Gasteiger partial charge in [0.15, 0.2) is 0 Å². The highest BCUT2D eigenvalue weighted by Gasteiger charge is 2.39. The number of aromatic nitrogens is 4. The van der Waals surface area contributed by atoms with Gasteiger partial charge in [-0.1, -0.05) is 0 Å². The average Bonchev–Trinajstić information content (AvgIpc) is 3.21. The van der Waals surface area contributed by atoms with Crippen molar-refractivity contribution < 1.29 is 0 Å². The van der Waals surface area contributed by atoms with Gasteiger partial charge in [0, 0.05) is 59.2 Å². The van der Waals surface area contributed by atoms with Crippen molar-refractivity contribution in [2.45, 2.75) is 25.4 Å². The lowest BCUT2D eigenvalue weighted by Crippen LogP contribution is -2.48. The van der Waals surface area contributed by atoms with Gasteiger partial charge in [0.25, 0.3) is 0 Å². The first kappa shape index (κ1) is 16.3. The summed E-state index contributed by atoms with van der Waals surface area (Å²) in [6.07, 6.45) is 6.28. The Morgan fingerprint density at radius 3 is 2.76 bits per heavy atom. The summed E-state index contributed by atoms with van der Waals surface area (Å²) in [5.74, 6) is 2.61. The van der Waals surface area contributed by atoms with Crippen LogP contribution in [0.2, 0.25) is 0 Å². The molecule has 0 saturated carbocycles. The van der Waals surface area contributed by atoms with Crippen LogP contribution in [0.15, 0.2) is 24.5 Å². The van der Waals surface area contributed by atoms with Crippen LogP contribution >= 0.6 is 0 Å². The second kappa shape index (κ2) is 6.63. The SMILES string of the molecule is CN(C)c1ccnc(N2CCC3CCN(Cc4ccnn4C)C3C2)n1. The summed E-state index contributed by atoms with van der Waals surface area (Å²) in [5, 5.41) is 4.31. The lowest BCUT2D eigenvalue weighted by Gasteiger charge is -2.38. The fourth-order valence-electron chi connectivity index (χ4n) is 4.11. The summed E-state index contributed by atoms with van der Waals surface area (Å²) < 4.78 is 1.98. The number of likely N-dealkylation sites (tertiary alicyclic amines) is 1. The summed E-state index contributed by atoms with van der Waals surface area (Å²) in [6.45, 7) is 4.22. The van der Waals surface area contributed by atoms with Crippen molar-refractivity contribution in [3.8, 4) is 0 Å². The molecule has 0 aliphatic carbocycles. The van der Waals surface area contributed by atoms with E-state index < -0.39 is 0 Å². The topological polar surface area (TPSA) is 53.3 Å². The highest BCUT2D eigenvalue weighted by atomic mass is 15.3. The molecule has 0 amide bonds. The number of hydrogen-bond acceptors (Lipinski definition) is 6. The second-order valence-electron chi connectivity index (χ2n) is 7.38. The van der Waals surface area contributed by atoms with Crippen LogP contribution in [0.1, 0.15) is 18.5 Å². The van der Waals surface area contributed by atoms with Crippen LogP contribution in [-0.4, -0.2) is 64.4 Å². The van der Waals surface area contributed by atoms with Gasteiger partial charge in [-0.25, -0.2) is 4.98 Å². The quantitative estimate of drug-likeness (QED) is 0.837. The van der Waals surface area contributed by atoms with E-state index in [4.69, 9.17) is 4.98 Å². The molecular formula is C18H27N7. The largest absolute Gasteiger partial charge is 0.363 e. The Hall–Kier alpha value is -2.15. The normalized spacial score (nSPS) is 23.7. The van der Waals surface area contributed by atoms with Gasteiger partial charge in [-0.15, -0.1) is 0 Å². The Balaban J connectivity index is 1.49. The van der Waals surface area contributed by atoms with Gasteiger partial charge >= 0.3 is 0 Å². The molecule has 2 fully saturated rings. The van der Waals surface area contributed by atoms with Gasteiger partial charge in [0.1, 0.15) is 5.82 Å². The highest BCUT2D eigenvalue weighted by molar-refractivity contribution is 5.43. The Morgan fingerprint density at radius 2 is 2.00 bits per heavy atom. The minimum absolute atomic E-state index is 0.579. The highest BCUT2D eigenvalue weighted by Crippen LogP contribution is 2.33. The van der Waals surface area contributed by atoms with Crippen LogP contribution in [-0.2, 0) is 13.6 Å². The van der Waals surface area contributed by atoms with Crippen LogP contribution in [0.25, 0.3) is 0 Å². The summed E-state index contributed by atoms with van der Waals surface area (Å²) in [4.78, 5) is 16.3. The van der Waals surface area contributed by atoms with E-state index in [9.17, 15) is 0 Å². The van der Waals surface area contributed by atoms with Gasteiger partial charge in [-0.2, -0.15) is 10.1 Å². The first-order valence-electron chi connectivity index (χ1n) is 9.08. The first-order chi connectivity index (χ1) is 12.1. The Kier molecular flexibility index (Phi) is 4.33. The molecule has 25 heavy (non-hydrogen) atoms. The van der Waals surface area contributed by atoms with Crippen LogP contribution in [0.3, 0.4) is 0 Å². The van der Waals surface area contributed by atoms with Crippen LogP contribution < -0.4 is 9.80 Å². The zero-order valence-electron chi connectivity index (χ0n) is 15.3. The average molecular weight is 341 g/mol. The smallest absolute Gasteiger partial charge is 0.227 e. The van der Waals surface area contributed by atoms with E-state index in [1.807, 2.05) is 49.2 Å². The van der Waals surface area contributed by atoms with Gasteiger partial charge in [-0.3, -0.25) is 9.58 Å². The third-order valence-corrected chi connectivity index (χ3v) is 5.63. The van der Waals surface area contributed by atoms with Crippen molar-refractivity contribution in [2.75, 3.05) is 43.5 Å². The van der Waals surface area contributed by atoms with E-state index in [-0.39, 0.29) is 0 Å². The van der Waals surface area contributed by atoms with Gasteiger partial charge in [-0.05, 0) is 37.4 Å². The van der Waals surface area contributed by atoms with Crippen LogP contribution in [0.4, 0.5) is 11.8 Å². The fraction of sp³-hybridized carbons (Fsp3) is 0.611. The van der Waals surface area contributed by atoms with Crippen molar-refractivity contribution in [3.63, 3.8) is 0 Å². The molecule has 2 unspecified atom stereocenters. The third kappa shape index (κ3) is 3.20. The van der Waals surface area contributed by atoms with Crippen LogP contribution in [0.5, 0.6) is 0 Å². The predicted octanol–water partition coefficient (Wildman–Crippen LogP) is 1.38. The van der Waals surface area contributed by atoms with Crippen molar-refractivity contribution in [1.82, 2.24) is 24.6 Å². The van der Waals surface area contributed by atoms with Gasteiger partial charge in [0.05, 0.1) is 5.69 Å². The standard InChI is InChI=1S/C18H27N7/c1-22(2)17-5-8-19-18(21-17)25-11-7-14-6-10-24(16(14)13-25)12-15-4-9-20-23(15)3/h4-5,8-9,14,16H,6-7,10-13H2,1-3H3. The van der Waals surface area contributed by atoms with Crippen LogP contribution in [0, 0.1) is 5.92 Å². The van der Waals surface area contributed by atoms with Crippen molar-refractivity contribution in [1.29, 1.82) is 0 Å². The van der Waals surface area contributed by atoms with E-state index in [1.54, 1.807) is 0 Å². The summed E-state index contributed by atoms with van der Waals surface area (Å²) in [7, 11) is 6.06. The molecule has 2 atom stereocenters. The number of rotatable bonds is 4. The van der Waals surface area contributed by atoms with E-state index in [0.717, 1.165) is 37.3 Å². The monoisotopic (exact) mass is 341 g/mol. The maximum absolute atomic E-state index is 4.73. The van der Waals surface area contributed by atoms with Crippen molar-refractivity contribution in [2.24, 2.45) is 13.0 Å². The molecule has 0 N–H and O–H groups in total. The molecule has 4 heterocycles. The molecule has 7 heteroatoms. The number of aryl methyl sites for hydroxylation is 1. The third-order valence-electron chi connectivity index (χ3n) is 5.63. The van der Waals surface area contributed by atoms with E-state index in [1.165, 1.54) is 25.1 Å². The summed E-state index contributed by atoms with van der Waals surface area (Å²) in [6, 6.07) is 4.66. The molecular weight excluding hydrogens is 314 g/mol. The number of hydrogen-bond donors (Lipinski definition) is 0. The molecule has 2 saturated heterocycles. The maximum atomic E-state index is 4.73. The predicted molar refractivity (Wildman–Crippen MR) is 98.7 cm³/mol. The maximum Gasteiger partial charge on any atom is 0.227 e.